The minimum atomic E-state index is -1.02. The number of rotatable bonds is 5. The van der Waals surface area contributed by atoms with Crippen LogP contribution in [0.25, 0.3) is 6.08 Å². The lowest BCUT2D eigenvalue weighted by molar-refractivity contribution is -0.131. The second kappa shape index (κ2) is 6.15. The first-order valence-electron chi connectivity index (χ1n) is 4.46. The maximum absolute atomic E-state index is 10.3. The van der Waals surface area contributed by atoms with Crippen LogP contribution in [-0.2, 0) is 4.79 Å². The third-order valence-electron chi connectivity index (χ3n) is 1.89. The van der Waals surface area contributed by atoms with Gasteiger partial charge in [0.15, 0.2) is 0 Å². The van der Waals surface area contributed by atoms with E-state index in [9.17, 15) is 15.0 Å². The van der Waals surface area contributed by atoms with E-state index in [0.717, 1.165) is 11.0 Å². The van der Waals surface area contributed by atoms with Gasteiger partial charge in [0.05, 0.1) is 6.10 Å². The van der Waals surface area contributed by atoms with Gasteiger partial charge in [-0.2, -0.15) is 0 Å². The molecule has 0 saturated carbocycles. The summed E-state index contributed by atoms with van der Waals surface area (Å²) in [5, 5.41) is 29.5. The number of alkyl halides is 1. The van der Waals surface area contributed by atoms with Crippen LogP contribution in [-0.4, -0.2) is 32.7 Å². The zero-order valence-electron chi connectivity index (χ0n) is 8.21. The number of carboxylic acids is 1. The maximum atomic E-state index is 10.3. The SMILES string of the molecule is O=C(O)/C=C/c1cc(C(O)C(O)CBr)cs1. The molecule has 2 atom stereocenters. The van der Waals surface area contributed by atoms with Crippen LogP contribution in [0.5, 0.6) is 0 Å². The van der Waals surface area contributed by atoms with Crippen molar-refractivity contribution < 1.29 is 20.1 Å². The van der Waals surface area contributed by atoms with E-state index >= 15 is 0 Å². The Morgan fingerprint density at radius 2 is 2.25 bits per heavy atom. The molecular weight excluding hydrogens is 296 g/mol. The number of carboxylic acid groups (broad SMARTS) is 1. The Balaban J connectivity index is 2.74. The first-order valence-corrected chi connectivity index (χ1v) is 6.46. The van der Waals surface area contributed by atoms with Crippen molar-refractivity contribution in [2.75, 3.05) is 5.33 Å². The highest BCUT2D eigenvalue weighted by molar-refractivity contribution is 9.09. The molecule has 0 aliphatic carbocycles. The molecule has 16 heavy (non-hydrogen) atoms. The molecule has 6 heteroatoms. The lowest BCUT2D eigenvalue weighted by atomic mass is 10.1. The first-order chi connectivity index (χ1) is 7.54. The predicted molar refractivity (Wildman–Crippen MR) is 65.7 cm³/mol. The number of hydrogen-bond donors (Lipinski definition) is 3. The molecule has 3 N–H and O–H groups in total. The second-order valence-electron chi connectivity index (χ2n) is 3.12. The van der Waals surface area contributed by atoms with E-state index in [2.05, 4.69) is 15.9 Å². The third-order valence-corrected chi connectivity index (χ3v) is 3.47. The van der Waals surface area contributed by atoms with Gasteiger partial charge in [0, 0.05) is 16.3 Å². The summed E-state index contributed by atoms with van der Waals surface area (Å²) in [5.74, 6) is -1.02. The molecule has 0 amide bonds. The molecular formula is C10H11BrO4S. The predicted octanol–water partition coefficient (Wildman–Crippen LogP) is 1.64. The molecule has 0 spiro atoms. The van der Waals surface area contributed by atoms with Crippen LogP contribution >= 0.6 is 27.3 Å². The van der Waals surface area contributed by atoms with Gasteiger partial charge in [-0.05, 0) is 23.1 Å². The molecule has 2 unspecified atom stereocenters. The molecule has 0 radical (unpaired) electrons. The van der Waals surface area contributed by atoms with Crippen molar-refractivity contribution in [2.45, 2.75) is 12.2 Å². The van der Waals surface area contributed by atoms with Crippen molar-refractivity contribution >= 4 is 39.3 Å². The summed E-state index contributed by atoms with van der Waals surface area (Å²) < 4.78 is 0. The van der Waals surface area contributed by atoms with Gasteiger partial charge in [0.2, 0.25) is 0 Å². The standard InChI is InChI=1S/C10H11BrO4S/c11-4-8(12)10(15)6-3-7(16-5-6)1-2-9(13)14/h1-3,5,8,10,12,15H,4H2,(H,13,14)/b2-1+. The molecule has 4 nitrogen and oxygen atoms in total. The fourth-order valence-electron chi connectivity index (χ4n) is 1.07. The molecule has 0 bridgehead atoms. The summed E-state index contributed by atoms with van der Waals surface area (Å²) in [4.78, 5) is 11.0. The molecule has 0 aromatic carbocycles. The fourth-order valence-corrected chi connectivity index (χ4v) is 2.26. The largest absolute Gasteiger partial charge is 0.478 e. The Kier molecular flexibility index (Phi) is 5.14. The zero-order valence-corrected chi connectivity index (χ0v) is 10.6. The highest BCUT2D eigenvalue weighted by Gasteiger charge is 2.17. The molecule has 1 aromatic rings. The van der Waals surface area contributed by atoms with Crippen LogP contribution < -0.4 is 0 Å². The Morgan fingerprint density at radius 1 is 1.56 bits per heavy atom. The minimum absolute atomic E-state index is 0.282. The van der Waals surface area contributed by atoms with Crippen LogP contribution in [0, 0.1) is 0 Å². The Morgan fingerprint density at radius 3 is 2.81 bits per heavy atom. The molecule has 0 fully saturated rings. The topological polar surface area (TPSA) is 77.8 Å². The van der Waals surface area contributed by atoms with Gasteiger partial charge >= 0.3 is 5.97 Å². The third kappa shape index (κ3) is 3.71. The number of aliphatic hydroxyl groups is 2. The van der Waals surface area contributed by atoms with Crippen LogP contribution in [0.3, 0.4) is 0 Å². The van der Waals surface area contributed by atoms with Crippen LogP contribution in [0.4, 0.5) is 0 Å². The smallest absolute Gasteiger partial charge is 0.328 e. The van der Waals surface area contributed by atoms with Crippen molar-refractivity contribution in [1.82, 2.24) is 0 Å². The highest BCUT2D eigenvalue weighted by atomic mass is 79.9. The summed E-state index contributed by atoms with van der Waals surface area (Å²) in [5.41, 5.74) is 0.585. The maximum Gasteiger partial charge on any atom is 0.328 e. The number of hydrogen-bond acceptors (Lipinski definition) is 4. The Labute approximate surface area is 105 Å². The number of aliphatic hydroxyl groups excluding tert-OH is 2. The van der Waals surface area contributed by atoms with Gasteiger partial charge in [-0.25, -0.2) is 4.79 Å². The molecule has 1 rings (SSSR count). The molecule has 88 valence electrons. The van der Waals surface area contributed by atoms with E-state index in [1.807, 2.05) is 0 Å². The van der Waals surface area contributed by atoms with E-state index in [4.69, 9.17) is 5.11 Å². The van der Waals surface area contributed by atoms with E-state index in [-0.39, 0.29) is 5.33 Å². The van der Waals surface area contributed by atoms with Crippen molar-refractivity contribution in [3.8, 4) is 0 Å². The first kappa shape index (κ1) is 13.4. The van der Waals surface area contributed by atoms with E-state index < -0.39 is 18.2 Å². The summed E-state index contributed by atoms with van der Waals surface area (Å²) in [6, 6.07) is 1.65. The average molecular weight is 307 g/mol. The quantitative estimate of drug-likeness (QED) is 0.571. The van der Waals surface area contributed by atoms with Crippen molar-refractivity contribution in [2.24, 2.45) is 0 Å². The molecule has 0 saturated heterocycles. The normalized spacial score (nSPS) is 15.2. The Hall–Kier alpha value is -0.690. The summed E-state index contributed by atoms with van der Waals surface area (Å²) in [7, 11) is 0. The minimum Gasteiger partial charge on any atom is -0.478 e. The Bertz CT molecular complexity index is 388. The van der Waals surface area contributed by atoms with Gasteiger partial charge in [0.25, 0.3) is 0 Å². The lowest BCUT2D eigenvalue weighted by Gasteiger charge is -2.13. The number of halogens is 1. The summed E-state index contributed by atoms with van der Waals surface area (Å²) in [6.07, 6.45) is 0.653. The van der Waals surface area contributed by atoms with E-state index in [0.29, 0.717) is 5.56 Å². The van der Waals surface area contributed by atoms with Gasteiger partial charge in [0.1, 0.15) is 6.10 Å². The lowest BCUT2D eigenvalue weighted by Crippen LogP contribution is -2.18. The molecule has 0 aliphatic rings. The number of carbonyl (C=O) groups is 1. The number of thiophene rings is 1. The monoisotopic (exact) mass is 306 g/mol. The van der Waals surface area contributed by atoms with Gasteiger partial charge in [-0.3, -0.25) is 0 Å². The van der Waals surface area contributed by atoms with Crippen molar-refractivity contribution in [3.05, 3.63) is 28.0 Å². The van der Waals surface area contributed by atoms with Gasteiger partial charge in [-0.15, -0.1) is 11.3 Å². The van der Waals surface area contributed by atoms with Gasteiger partial charge < -0.3 is 15.3 Å². The van der Waals surface area contributed by atoms with Crippen LogP contribution in [0.2, 0.25) is 0 Å². The second-order valence-corrected chi connectivity index (χ2v) is 4.71. The van der Waals surface area contributed by atoms with E-state index in [1.54, 1.807) is 11.4 Å². The van der Waals surface area contributed by atoms with Crippen molar-refractivity contribution in [1.29, 1.82) is 0 Å². The molecule has 1 heterocycles. The van der Waals surface area contributed by atoms with E-state index in [1.165, 1.54) is 17.4 Å². The average Bonchev–Trinajstić information content (AvgIpc) is 2.72. The molecule has 0 aliphatic heterocycles. The number of aliphatic carboxylic acids is 1. The van der Waals surface area contributed by atoms with Crippen LogP contribution in [0.15, 0.2) is 17.5 Å². The van der Waals surface area contributed by atoms with Crippen LogP contribution in [0.1, 0.15) is 16.5 Å². The van der Waals surface area contributed by atoms with Gasteiger partial charge in [-0.1, -0.05) is 15.9 Å². The fraction of sp³-hybridized carbons (Fsp3) is 0.300. The summed E-state index contributed by atoms with van der Waals surface area (Å²) >= 11 is 4.38. The molecule has 1 aromatic heterocycles. The highest BCUT2D eigenvalue weighted by Crippen LogP contribution is 2.24. The summed E-state index contributed by atoms with van der Waals surface area (Å²) in [6.45, 7) is 0. The zero-order chi connectivity index (χ0) is 12.1. The van der Waals surface area contributed by atoms with Crippen molar-refractivity contribution in [3.63, 3.8) is 0 Å².